The first-order valence-electron chi connectivity index (χ1n) is 27.4. The second-order valence-electron chi connectivity index (χ2n) is 19.9. The third-order valence-corrected chi connectivity index (χ3v) is 12.3. The third-order valence-electron chi connectivity index (χ3n) is 12.3. The molecule has 0 rings (SSSR count). The number of carbonyl (C=O) groups is 3. The number of allylic oxidation sites excluding steroid dienone is 2. The molecule has 0 aromatic heterocycles. The molecule has 0 aromatic carbocycles. The summed E-state index contributed by atoms with van der Waals surface area (Å²) in [6.07, 6.45) is 50.1. The lowest BCUT2D eigenvalue weighted by Crippen LogP contribution is -2.40. The van der Waals surface area contributed by atoms with Crippen LogP contribution in [0.5, 0.6) is 0 Å². The summed E-state index contributed by atoms with van der Waals surface area (Å²) in [5.74, 6) is -2.00. The van der Waals surface area contributed by atoms with E-state index in [-0.39, 0.29) is 32.2 Å². The van der Waals surface area contributed by atoms with Crippen molar-refractivity contribution in [2.45, 2.75) is 277 Å². The number of esters is 2. The van der Waals surface area contributed by atoms with Crippen LogP contribution < -0.4 is 0 Å². The van der Waals surface area contributed by atoms with Crippen LogP contribution >= 0.6 is 0 Å². The molecule has 0 aliphatic carbocycles. The largest absolute Gasteiger partial charge is 0.477 e. The van der Waals surface area contributed by atoms with Crippen LogP contribution in [-0.4, -0.2) is 87.4 Å². The molecule has 0 aromatic rings. The summed E-state index contributed by atoms with van der Waals surface area (Å²) in [6, 6.07) is 0. The fourth-order valence-electron chi connectivity index (χ4n) is 8.01. The van der Waals surface area contributed by atoms with Gasteiger partial charge < -0.3 is 28.5 Å². The number of ether oxygens (including phenoxy) is 4. The van der Waals surface area contributed by atoms with E-state index < -0.39 is 24.3 Å². The number of rotatable bonds is 51. The molecular formula is C55H106NO8+. The minimum absolute atomic E-state index is 0.179. The second-order valence-corrected chi connectivity index (χ2v) is 19.9. The Morgan fingerprint density at radius 3 is 1.19 bits per heavy atom. The lowest BCUT2D eigenvalue weighted by Gasteiger charge is -2.25. The molecule has 0 radical (unpaired) electrons. The number of carbonyl (C=O) groups excluding carboxylic acids is 2. The molecule has 0 aliphatic heterocycles. The fraction of sp³-hybridized carbons (Fsp3) is 0.909. The van der Waals surface area contributed by atoms with Gasteiger partial charge in [-0.1, -0.05) is 225 Å². The van der Waals surface area contributed by atoms with Crippen molar-refractivity contribution >= 4 is 17.9 Å². The molecule has 2 atom stereocenters. The topological polar surface area (TPSA) is 108 Å². The van der Waals surface area contributed by atoms with Crippen molar-refractivity contribution in [1.82, 2.24) is 0 Å². The summed E-state index contributed by atoms with van der Waals surface area (Å²) < 4.78 is 22.8. The number of carboxylic acids is 1. The summed E-state index contributed by atoms with van der Waals surface area (Å²) in [6.45, 7) is 4.88. The van der Waals surface area contributed by atoms with Gasteiger partial charge in [-0.25, -0.2) is 4.79 Å². The predicted octanol–water partition coefficient (Wildman–Crippen LogP) is 15.4. The van der Waals surface area contributed by atoms with Gasteiger partial charge in [0.1, 0.15) is 13.2 Å². The van der Waals surface area contributed by atoms with E-state index in [1.807, 2.05) is 21.1 Å². The van der Waals surface area contributed by atoms with Crippen molar-refractivity contribution in [3.8, 4) is 0 Å². The summed E-state index contributed by atoms with van der Waals surface area (Å²) in [5.41, 5.74) is 0. The standard InChI is InChI=1S/C55H105NO8/c1-6-8-10-12-14-16-18-20-21-22-23-24-25-26-27-28-29-30-31-32-33-34-36-37-39-41-43-45-52(57)62-49-51(50-63-55(54(59)60)61-48-47-56(3,4)5)64-53(58)46-44-42-40-38-35-19-17-15-13-11-9-7-2/h15,17,51,55H,6-14,16,18-50H2,1-5H3/p+1/b17-15-. The van der Waals surface area contributed by atoms with E-state index in [2.05, 4.69) is 26.0 Å². The highest BCUT2D eigenvalue weighted by Gasteiger charge is 2.25. The van der Waals surface area contributed by atoms with Gasteiger partial charge in [0.25, 0.3) is 6.29 Å². The number of unbranched alkanes of at least 4 members (excludes halogenated alkanes) is 34. The normalized spacial score (nSPS) is 12.8. The van der Waals surface area contributed by atoms with Crippen molar-refractivity contribution in [2.75, 3.05) is 47.5 Å². The highest BCUT2D eigenvalue weighted by Crippen LogP contribution is 2.17. The maximum absolute atomic E-state index is 12.8. The first-order chi connectivity index (χ1) is 31.1. The molecule has 378 valence electrons. The van der Waals surface area contributed by atoms with Gasteiger partial charge in [0.15, 0.2) is 6.10 Å². The van der Waals surface area contributed by atoms with E-state index in [9.17, 15) is 19.5 Å². The lowest BCUT2D eigenvalue weighted by molar-refractivity contribution is -0.870. The number of likely N-dealkylation sites (N-methyl/N-ethyl adjacent to an activating group) is 1. The van der Waals surface area contributed by atoms with E-state index in [4.69, 9.17) is 18.9 Å². The molecular weight excluding hydrogens is 803 g/mol. The molecule has 0 aliphatic rings. The summed E-state index contributed by atoms with van der Waals surface area (Å²) in [5, 5.41) is 9.66. The maximum Gasteiger partial charge on any atom is 0.361 e. The van der Waals surface area contributed by atoms with Gasteiger partial charge >= 0.3 is 17.9 Å². The SMILES string of the molecule is CCCCC/C=C\CCCCCCCC(=O)OC(COC(=O)CCCCCCCCCCCCCCCCCCCCCCCCCCCCC)COC(OCC[N+](C)(C)C)C(=O)O. The Labute approximate surface area is 395 Å². The molecule has 64 heavy (non-hydrogen) atoms. The zero-order valence-electron chi connectivity index (χ0n) is 43.0. The van der Waals surface area contributed by atoms with Gasteiger partial charge in [-0.15, -0.1) is 0 Å². The molecule has 2 unspecified atom stereocenters. The number of quaternary nitrogens is 1. The monoisotopic (exact) mass is 909 g/mol. The molecule has 0 amide bonds. The van der Waals surface area contributed by atoms with Crippen molar-refractivity contribution < 1.29 is 42.9 Å². The van der Waals surface area contributed by atoms with E-state index in [0.29, 0.717) is 23.9 Å². The summed E-state index contributed by atoms with van der Waals surface area (Å²) >= 11 is 0. The van der Waals surface area contributed by atoms with Gasteiger partial charge in [-0.2, -0.15) is 0 Å². The van der Waals surface area contributed by atoms with Crippen molar-refractivity contribution in [3.63, 3.8) is 0 Å². The Kier molecular flexibility index (Phi) is 46.1. The first kappa shape index (κ1) is 62.0. The van der Waals surface area contributed by atoms with Crippen LogP contribution in [0.4, 0.5) is 0 Å². The zero-order chi connectivity index (χ0) is 47.0. The Balaban J connectivity index is 4.10. The highest BCUT2D eigenvalue weighted by molar-refractivity contribution is 5.71. The molecule has 0 saturated heterocycles. The van der Waals surface area contributed by atoms with Gasteiger partial charge in [0.2, 0.25) is 0 Å². The molecule has 0 fully saturated rings. The maximum atomic E-state index is 12.8. The number of hydrogen-bond acceptors (Lipinski definition) is 7. The molecule has 0 bridgehead atoms. The van der Waals surface area contributed by atoms with Crippen LogP contribution in [0.3, 0.4) is 0 Å². The van der Waals surface area contributed by atoms with Crippen molar-refractivity contribution in [3.05, 3.63) is 12.2 Å². The van der Waals surface area contributed by atoms with Crippen LogP contribution in [-0.2, 0) is 33.3 Å². The fourth-order valence-corrected chi connectivity index (χ4v) is 8.01. The van der Waals surface area contributed by atoms with Crippen LogP contribution in [0.25, 0.3) is 0 Å². The zero-order valence-corrected chi connectivity index (χ0v) is 43.0. The lowest BCUT2D eigenvalue weighted by atomic mass is 10.0. The highest BCUT2D eigenvalue weighted by atomic mass is 16.7. The average molecular weight is 909 g/mol. The Morgan fingerprint density at radius 1 is 0.453 bits per heavy atom. The molecule has 1 N–H and O–H groups in total. The first-order valence-corrected chi connectivity index (χ1v) is 27.4. The van der Waals surface area contributed by atoms with Crippen LogP contribution in [0.1, 0.15) is 264 Å². The predicted molar refractivity (Wildman–Crippen MR) is 268 cm³/mol. The van der Waals surface area contributed by atoms with Crippen molar-refractivity contribution in [1.29, 1.82) is 0 Å². The second kappa shape index (κ2) is 47.5. The van der Waals surface area contributed by atoms with Gasteiger partial charge in [-0.05, 0) is 38.5 Å². The van der Waals surface area contributed by atoms with Crippen LogP contribution in [0.2, 0.25) is 0 Å². The van der Waals surface area contributed by atoms with E-state index in [1.54, 1.807) is 0 Å². The van der Waals surface area contributed by atoms with E-state index in [1.165, 1.54) is 180 Å². The minimum Gasteiger partial charge on any atom is -0.477 e. The summed E-state index contributed by atoms with van der Waals surface area (Å²) in [4.78, 5) is 37.2. The molecule has 0 spiro atoms. The van der Waals surface area contributed by atoms with Gasteiger partial charge in [0.05, 0.1) is 34.4 Å². The minimum atomic E-state index is -1.51. The number of carboxylic acid groups (broad SMARTS) is 1. The Morgan fingerprint density at radius 2 is 0.797 bits per heavy atom. The average Bonchev–Trinajstić information content (AvgIpc) is 3.26. The van der Waals surface area contributed by atoms with Gasteiger partial charge in [0, 0.05) is 12.8 Å². The summed E-state index contributed by atoms with van der Waals surface area (Å²) in [7, 11) is 5.97. The molecule has 9 heteroatoms. The number of aliphatic carboxylic acids is 1. The van der Waals surface area contributed by atoms with Crippen LogP contribution in [0, 0.1) is 0 Å². The third kappa shape index (κ3) is 48.0. The quantitative estimate of drug-likeness (QED) is 0.0211. The molecule has 0 saturated carbocycles. The number of hydrogen-bond donors (Lipinski definition) is 1. The smallest absolute Gasteiger partial charge is 0.361 e. The van der Waals surface area contributed by atoms with Crippen LogP contribution in [0.15, 0.2) is 12.2 Å². The van der Waals surface area contributed by atoms with Gasteiger partial charge in [-0.3, -0.25) is 9.59 Å². The Bertz CT molecular complexity index is 1060. The van der Waals surface area contributed by atoms with Crippen molar-refractivity contribution in [2.24, 2.45) is 0 Å². The molecule has 0 heterocycles. The number of nitrogens with zero attached hydrogens (tertiary/aromatic N) is 1. The van der Waals surface area contributed by atoms with E-state index >= 15 is 0 Å². The Hall–Kier alpha value is -1.97. The molecule has 9 nitrogen and oxygen atoms in total. The van der Waals surface area contributed by atoms with E-state index in [0.717, 1.165) is 51.4 Å².